The zero-order valence-corrected chi connectivity index (χ0v) is 10.4. The predicted octanol–water partition coefficient (Wildman–Crippen LogP) is 2.15. The van der Waals surface area contributed by atoms with Crippen LogP contribution in [0.3, 0.4) is 0 Å². The van der Waals surface area contributed by atoms with E-state index in [1.165, 1.54) is 24.1 Å². The second-order valence-corrected chi connectivity index (χ2v) is 5.66. The van der Waals surface area contributed by atoms with Gasteiger partial charge in [-0.05, 0) is 47.2 Å². The fourth-order valence-corrected chi connectivity index (χ4v) is 2.94. The van der Waals surface area contributed by atoms with E-state index in [-0.39, 0.29) is 0 Å². The molecule has 1 aliphatic rings. The second-order valence-electron chi connectivity index (χ2n) is 4.92. The molecule has 0 aliphatic carbocycles. The van der Waals surface area contributed by atoms with Crippen LogP contribution in [0.15, 0.2) is 10.8 Å². The van der Waals surface area contributed by atoms with Crippen molar-refractivity contribution in [3.05, 3.63) is 21.9 Å². The van der Waals surface area contributed by atoms with E-state index >= 15 is 0 Å². The van der Waals surface area contributed by atoms with Gasteiger partial charge in [-0.3, -0.25) is 0 Å². The molecule has 1 unspecified atom stereocenters. The zero-order valence-electron chi connectivity index (χ0n) is 9.60. The summed E-state index contributed by atoms with van der Waals surface area (Å²) in [7, 11) is 0. The largest absolute Gasteiger partial charge is 0.316 e. The third-order valence-electron chi connectivity index (χ3n) is 3.29. The highest BCUT2D eigenvalue weighted by Gasteiger charge is 2.27. The summed E-state index contributed by atoms with van der Waals surface area (Å²) in [6.45, 7) is 9.02. The normalized spacial score (nSPS) is 26.0. The smallest absolute Gasteiger partial charge is 0.0216 e. The van der Waals surface area contributed by atoms with Crippen LogP contribution in [0, 0.1) is 12.3 Å². The fourth-order valence-electron chi connectivity index (χ4n) is 2.09. The van der Waals surface area contributed by atoms with Crippen molar-refractivity contribution in [3.8, 4) is 0 Å². The molecule has 0 spiro atoms. The lowest BCUT2D eigenvalue weighted by Gasteiger charge is -2.22. The molecule has 1 aromatic heterocycles. The second kappa shape index (κ2) is 4.64. The first-order valence-corrected chi connectivity index (χ1v) is 6.57. The standard InChI is InChI=1S/C12H20N2S/c1-10-6-15-7-11(10)5-14-9-12(2)3-4-13-8-12/h6-7,13-14H,3-5,8-9H2,1-2H3. The van der Waals surface area contributed by atoms with Gasteiger partial charge < -0.3 is 10.6 Å². The molecule has 1 fully saturated rings. The van der Waals surface area contributed by atoms with Crippen molar-refractivity contribution in [2.75, 3.05) is 19.6 Å². The topological polar surface area (TPSA) is 24.1 Å². The SMILES string of the molecule is Cc1cscc1CNCC1(C)CCNC1. The Balaban J connectivity index is 1.77. The average molecular weight is 224 g/mol. The zero-order chi connectivity index (χ0) is 10.7. The van der Waals surface area contributed by atoms with E-state index in [4.69, 9.17) is 0 Å². The minimum Gasteiger partial charge on any atom is -0.316 e. The first-order valence-electron chi connectivity index (χ1n) is 5.63. The molecule has 0 radical (unpaired) electrons. The highest BCUT2D eigenvalue weighted by atomic mass is 32.1. The molecule has 0 bridgehead atoms. The molecule has 15 heavy (non-hydrogen) atoms. The van der Waals surface area contributed by atoms with Crippen LogP contribution in [-0.2, 0) is 6.54 Å². The number of rotatable bonds is 4. The van der Waals surface area contributed by atoms with Crippen molar-refractivity contribution in [1.82, 2.24) is 10.6 Å². The van der Waals surface area contributed by atoms with Crippen LogP contribution in [0.5, 0.6) is 0 Å². The van der Waals surface area contributed by atoms with Crippen LogP contribution >= 0.6 is 11.3 Å². The summed E-state index contributed by atoms with van der Waals surface area (Å²) in [6, 6.07) is 0. The van der Waals surface area contributed by atoms with Gasteiger partial charge in [0.15, 0.2) is 0 Å². The van der Waals surface area contributed by atoms with Gasteiger partial charge in [-0.1, -0.05) is 6.92 Å². The summed E-state index contributed by atoms with van der Waals surface area (Å²) < 4.78 is 0. The van der Waals surface area contributed by atoms with E-state index in [1.54, 1.807) is 11.3 Å². The number of hydrogen-bond acceptors (Lipinski definition) is 3. The minimum atomic E-state index is 0.462. The van der Waals surface area contributed by atoms with Crippen LogP contribution in [0.2, 0.25) is 0 Å². The maximum atomic E-state index is 3.58. The Bertz CT molecular complexity index is 313. The summed E-state index contributed by atoms with van der Waals surface area (Å²) in [4.78, 5) is 0. The maximum Gasteiger partial charge on any atom is 0.0216 e. The highest BCUT2D eigenvalue weighted by Crippen LogP contribution is 2.23. The van der Waals surface area contributed by atoms with Crippen molar-refractivity contribution >= 4 is 11.3 Å². The van der Waals surface area contributed by atoms with Crippen LogP contribution in [-0.4, -0.2) is 19.6 Å². The summed E-state index contributed by atoms with van der Waals surface area (Å²) in [5.41, 5.74) is 3.33. The maximum absolute atomic E-state index is 3.58. The number of nitrogens with one attached hydrogen (secondary N) is 2. The van der Waals surface area contributed by atoms with Crippen molar-refractivity contribution < 1.29 is 0 Å². The molecule has 1 saturated heterocycles. The molecule has 2 rings (SSSR count). The van der Waals surface area contributed by atoms with Gasteiger partial charge in [0.25, 0.3) is 0 Å². The first-order chi connectivity index (χ1) is 7.20. The van der Waals surface area contributed by atoms with Crippen LogP contribution in [0.1, 0.15) is 24.5 Å². The Hall–Kier alpha value is -0.380. The number of aryl methyl sites for hydroxylation is 1. The van der Waals surface area contributed by atoms with Crippen molar-refractivity contribution in [3.63, 3.8) is 0 Å². The van der Waals surface area contributed by atoms with Gasteiger partial charge in [-0.2, -0.15) is 11.3 Å². The first kappa shape index (κ1) is 11.1. The van der Waals surface area contributed by atoms with Gasteiger partial charge in [-0.15, -0.1) is 0 Å². The van der Waals surface area contributed by atoms with Crippen molar-refractivity contribution in [2.24, 2.45) is 5.41 Å². The molecule has 1 atom stereocenters. The quantitative estimate of drug-likeness (QED) is 0.819. The Labute approximate surface area is 96.1 Å². The van der Waals surface area contributed by atoms with E-state index in [0.717, 1.165) is 19.6 Å². The lowest BCUT2D eigenvalue weighted by atomic mass is 9.90. The van der Waals surface area contributed by atoms with Crippen LogP contribution < -0.4 is 10.6 Å². The third-order valence-corrected chi connectivity index (χ3v) is 4.20. The Morgan fingerprint density at radius 2 is 2.40 bits per heavy atom. The number of thiophene rings is 1. The Morgan fingerprint density at radius 3 is 3.00 bits per heavy atom. The lowest BCUT2D eigenvalue weighted by molar-refractivity contribution is 0.339. The monoisotopic (exact) mass is 224 g/mol. The molecule has 84 valence electrons. The lowest BCUT2D eigenvalue weighted by Crippen LogP contribution is -2.33. The van der Waals surface area contributed by atoms with Gasteiger partial charge in [-0.25, -0.2) is 0 Å². The van der Waals surface area contributed by atoms with E-state index in [9.17, 15) is 0 Å². The predicted molar refractivity (Wildman–Crippen MR) is 66.4 cm³/mol. The minimum absolute atomic E-state index is 0.462. The van der Waals surface area contributed by atoms with Gasteiger partial charge >= 0.3 is 0 Å². The molecule has 1 aromatic rings. The molecule has 0 amide bonds. The Kier molecular flexibility index (Phi) is 3.44. The number of hydrogen-bond donors (Lipinski definition) is 2. The molecular weight excluding hydrogens is 204 g/mol. The van der Waals surface area contributed by atoms with Gasteiger partial charge in [0.1, 0.15) is 0 Å². The summed E-state index contributed by atoms with van der Waals surface area (Å²) in [5.74, 6) is 0. The molecule has 0 aromatic carbocycles. The molecule has 1 aliphatic heterocycles. The summed E-state index contributed by atoms with van der Waals surface area (Å²) >= 11 is 1.80. The summed E-state index contributed by atoms with van der Waals surface area (Å²) in [6.07, 6.45) is 1.29. The molecular formula is C12H20N2S. The van der Waals surface area contributed by atoms with Crippen LogP contribution in [0.25, 0.3) is 0 Å². The van der Waals surface area contributed by atoms with Gasteiger partial charge in [0, 0.05) is 19.6 Å². The van der Waals surface area contributed by atoms with Crippen LogP contribution in [0.4, 0.5) is 0 Å². The van der Waals surface area contributed by atoms with Gasteiger partial charge in [0.2, 0.25) is 0 Å². The van der Waals surface area contributed by atoms with Gasteiger partial charge in [0.05, 0.1) is 0 Å². The molecule has 0 saturated carbocycles. The molecule has 2 heterocycles. The average Bonchev–Trinajstić information content (AvgIpc) is 2.78. The van der Waals surface area contributed by atoms with E-state index in [1.807, 2.05) is 0 Å². The molecule has 2 nitrogen and oxygen atoms in total. The Morgan fingerprint density at radius 1 is 1.53 bits per heavy atom. The third kappa shape index (κ3) is 2.80. The molecule has 3 heteroatoms. The van der Waals surface area contributed by atoms with Crippen molar-refractivity contribution in [2.45, 2.75) is 26.8 Å². The van der Waals surface area contributed by atoms with Crippen molar-refractivity contribution in [1.29, 1.82) is 0 Å². The van der Waals surface area contributed by atoms with E-state index in [0.29, 0.717) is 5.41 Å². The van der Waals surface area contributed by atoms with E-state index < -0.39 is 0 Å². The summed E-state index contributed by atoms with van der Waals surface area (Å²) in [5, 5.41) is 11.5. The fraction of sp³-hybridized carbons (Fsp3) is 0.667. The molecule has 2 N–H and O–H groups in total. The highest BCUT2D eigenvalue weighted by molar-refractivity contribution is 7.08. The van der Waals surface area contributed by atoms with E-state index in [2.05, 4.69) is 35.2 Å².